The van der Waals surface area contributed by atoms with Crippen LogP contribution in [0.1, 0.15) is 60.5 Å². The topological polar surface area (TPSA) is 59.9 Å². The molecule has 0 saturated carbocycles. The Balaban J connectivity index is 1.70. The van der Waals surface area contributed by atoms with Gasteiger partial charge < -0.3 is 14.8 Å². The molecule has 5 nitrogen and oxygen atoms in total. The predicted molar refractivity (Wildman–Crippen MR) is 145 cm³/mol. The Hall–Kier alpha value is -3.12. The van der Waals surface area contributed by atoms with Gasteiger partial charge in [-0.3, -0.25) is 4.79 Å². The normalized spacial score (nSPS) is 15.6. The zero-order valence-corrected chi connectivity index (χ0v) is 22.0. The number of hydrogen-bond donors (Lipinski definition) is 1. The largest absolute Gasteiger partial charge is 0.493 e. The summed E-state index contributed by atoms with van der Waals surface area (Å²) in [6.45, 7) is 9.40. The molecule has 1 heterocycles. The second kappa shape index (κ2) is 10.6. The molecule has 1 aromatic heterocycles. The van der Waals surface area contributed by atoms with Crippen molar-refractivity contribution in [1.82, 2.24) is 0 Å². The van der Waals surface area contributed by atoms with Gasteiger partial charge in [-0.05, 0) is 79.0 Å². The molecule has 1 aliphatic rings. The highest BCUT2D eigenvalue weighted by atomic mass is 32.1. The Labute approximate surface area is 212 Å². The van der Waals surface area contributed by atoms with Crippen molar-refractivity contribution in [3.63, 3.8) is 0 Å². The van der Waals surface area contributed by atoms with Crippen LogP contribution in [0, 0.1) is 11.3 Å². The third-order valence-electron chi connectivity index (χ3n) is 6.55. The Morgan fingerprint density at radius 3 is 2.63 bits per heavy atom. The van der Waals surface area contributed by atoms with E-state index in [-0.39, 0.29) is 11.3 Å². The minimum Gasteiger partial charge on any atom is -0.493 e. The van der Waals surface area contributed by atoms with Gasteiger partial charge in [0.1, 0.15) is 5.00 Å². The van der Waals surface area contributed by atoms with Gasteiger partial charge in [0.2, 0.25) is 0 Å². The zero-order chi connectivity index (χ0) is 25.0. The van der Waals surface area contributed by atoms with E-state index < -0.39 is 0 Å². The van der Waals surface area contributed by atoms with Gasteiger partial charge in [-0.2, -0.15) is 0 Å². The minimum absolute atomic E-state index is 0.0974. The molecule has 184 valence electrons. The summed E-state index contributed by atoms with van der Waals surface area (Å²) in [6.07, 6.45) is 4.78. The summed E-state index contributed by atoms with van der Waals surface area (Å²) in [5.74, 6) is 1.86. The first-order valence-electron chi connectivity index (χ1n) is 12.2. The summed E-state index contributed by atoms with van der Waals surface area (Å²) in [7, 11) is 1.63. The van der Waals surface area contributed by atoms with Crippen LogP contribution in [-0.4, -0.2) is 25.8 Å². The first-order chi connectivity index (χ1) is 16.8. The van der Waals surface area contributed by atoms with Crippen molar-refractivity contribution >= 4 is 34.1 Å². The van der Waals surface area contributed by atoms with E-state index in [2.05, 4.69) is 26.1 Å². The number of carbonyl (C=O) groups is 1. The molecule has 1 aliphatic carbocycles. The van der Waals surface area contributed by atoms with E-state index in [9.17, 15) is 4.79 Å². The van der Waals surface area contributed by atoms with Gasteiger partial charge in [0.25, 0.3) is 5.91 Å². The molecule has 2 aromatic carbocycles. The molecular weight excluding hydrogens is 456 g/mol. The Kier molecular flexibility index (Phi) is 7.60. The lowest BCUT2D eigenvalue weighted by molar-refractivity contribution is 0.102. The number of fused-ring (bicyclic) bond motifs is 1. The highest BCUT2D eigenvalue weighted by Gasteiger charge is 2.33. The summed E-state index contributed by atoms with van der Waals surface area (Å²) in [5.41, 5.74) is 3.77. The molecular formula is C29H34N2O3S. The SMILES string of the molecule is CCOc1cc(C=Nc2sc3c(c2C(=O)Nc2ccccc2)CC[C@@H](C(C)(C)C)C3)ccc1OC. The van der Waals surface area contributed by atoms with Crippen molar-refractivity contribution in [1.29, 1.82) is 0 Å². The minimum atomic E-state index is -0.0974. The standard InChI is InChI=1S/C29H34N2O3S/c1-6-34-24-16-19(12-15-23(24)33-5)18-30-28-26(27(32)31-21-10-8-7-9-11-21)22-14-13-20(29(2,3)4)17-25(22)35-28/h7-12,15-16,18,20H,6,13-14,17H2,1-5H3,(H,31,32)/t20-/m1/s1. The van der Waals surface area contributed by atoms with Gasteiger partial charge in [-0.1, -0.05) is 39.0 Å². The van der Waals surface area contributed by atoms with Crippen LogP contribution >= 0.6 is 11.3 Å². The number of benzene rings is 2. The molecule has 1 amide bonds. The molecule has 0 aliphatic heterocycles. The molecule has 4 rings (SSSR count). The van der Waals surface area contributed by atoms with E-state index in [4.69, 9.17) is 14.5 Å². The second-order valence-electron chi connectivity index (χ2n) is 9.91. The molecule has 0 fully saturated rings. The highest BCUT2D eigenvalue weighted by molar-refractivity contribution is 7.16. The summed E-state index contributed by atoms with van der Waals surface area (Å²) in [5, 5.41) is 3.83. The lowest BCUT2D eigenvalue weighted by atomic mass is 9.72. The first-order valence-corrected chi connectivity index (χ1v) is 13.0. The average molecular weight is 491 g/mol. The number of thiophene rings is 1. The van der Waals surface area contributed by atoms with Gasteiger partial charge >= 0.3 is 0 Å². The summed E-state index contributed by atoms with van der Waals surface area (Å²) in [6, 6.07) is 15.3. The molecule has 1 atom stereocenters. The number of ether oxygens (including phenoxy) is 2. The van der Waals surface area contributed by atoms with Crippen molar-refractivity contribution in [2.45, 2.75) is 47.0 Å². The fourth-order valence-electron chi connectivity index (χ4n) is 4.53. The highest BCUT2D eigenvalue weighted by Crippen LogP contribution is 2.45. The van der Waals surface area contributed by atoms with Crippen molar-refractivity contribution in [3.05, 3.63) is 70.1 Å². The molecule has 0 saturated heterocycles. The van der Waals surface area contributed by atoms with Gasteiger partial charge in [0.05, 0.1) is 19.3 Å². The zero-order valence-electron chi connectivity index (χ0n) is 21.2. The molecule has 6 heteroatoms. The molecule has 35 heavy (non-hydrogen) atoms. The number of nitrogens with one attached hydrogen (secondary N) is 1. The van der Waals surface area contributed by atoms with Crippen LogP contribution in [0.2, 0.25) is 0 Å². The van der Waals surface area contributed by atoms with Gasteiger partial charge in [0.15, 0.2) is 11.5 Å². The van der Waals surface area contributed by atoms with E-state index in [0.29, 0.717) is 29.6 Å². The molecule has 1 N–H and O–H groups in total. The van der Waals surface area contributed by atoms with Crippen LogP contribution in [0.25, 0.3) is 0 Å². The molecule has 0 unspecified atom stereocenters. The Morgan fingerprint density at radius 2 is 1.94 bits per heavy atom. The fourth-order valence-corrected chi connectivity index (χ4v) is 5.79. The number of aliphatic imine (C=N–C) groups is 1. The Bertz CT molecular complexity index is 1210. The molecule has 0 radical (unpaired) electrons. The molecule has 3 aromatic rings. The maximum Gasteiger partial charge on any atom is 0.259 e. The second-order valence-corrected chi connectivity index (χ2v) is 11.0. The van der Waals surface area contributed by atoms with E-state index in [1.807, 2.05) is 55.5 Å². The van der Waals surface area contributed by atoms with Crippen molar-refractivity contribution in [2.75, 3.05) is 19.0 Å². The maximum absolute atomic E-state index is 13.5. The summed E-state index contributed by atoms with van der Waals surface area (Å²) in [4.78, 5) is 19.6. The number of para-hydroxylation sites is 1. The lowest BCUT2D eigenvalue weighted by Crippen LogP contribution is -2.27. The van der Waals surface area contributed by atoms with Crippen LogP contribution in [0.15, 0.2) is 53.5 Å². The van der Waals surface area contributed by atoms with Crippen LogP contribution in [0.5, 0.6) is 11.5 Å². The summed E-state index contributed by atoms with van der Waals surface area (Å²) < 4.78 is 11.1. The van der Waals surface area contributed by atoms with Crippen molar-refractivity contribution in [2.24, 2.45) is 16.3 Å². The van der Waals surface area contributed by atoms with Crippen LogP contribution in [-0.2, 0) is 12.8 Å². The number of methoxy groups -OCH3 is 1. The summed E-state index contributed by atoms with van der Waals surface area (Å²) >= 11 is 1.65. The number of hydrogen-bond acceptors (Lipinski definition) is 5. The number of amides is 1. The smallest absolute Gasteiger partial charge is 0.259 e. The number of carbonyl (C=O) groups excluding carboxylic acids is 1. The molecule has 0 spiro atoms. The van der Waals surface area contributed by atoms with Crippen LogP contribution in [0.3, 0.4) is 0 Å². The molecule has 0 bridgehead atoms. The predicted octanol–water partition coefficient (Wildman–Crippen LogP) is 7.31. The Morgan fingerprint density at radius 1 is 1.17 bits per heavy atom. The van der Waals surface area contributed by atoms with E-state index in [1.165, 1.54) is 4.88 Å². The lowest BCUT2D eigenvalue weighted by Gasteiger charge is -2.33. The quantitative estimate of drug-likeness (QED) is 0.353. The van der Waals surface area contributed by atoms with Gasteiger partial charge in [-0.25, -0.2) is 4.99 Å². The van der Waals surface area contributed by atoms with Crippen LogP contribution in [0.4, 0.5) is 10.7 Å². The van der Waals surface area contributed by atoms with Gasteiger partial charge in [-0.15, -0.1) is 11.3 Å². The fraction of sp³-hybridized carbons (Fsp3) is 0.379. The third-order valence-corrected chi connectivity index (χ3v) is 7.71. The van der Waals surface area contributed by atoms with E-state index in [0.717, 1.165) is 41.1 Å². The van der Waals surface area contributed by atoms with Gasteiger partial charge in [0, 0.05) is 16.8 Å². The van der Waals surface area contributed by atoms with E-state index >= 15 is 0 Å². The monoisotopic (exact) mass is 490 g/mol. The maximum atomic E-state index is 13.5. The van der Waals surface area contributed by atoms with E-state index in [1.54, 1.807) is 24.7 Å². The average Bonchev–Trinajstić information content (AvgIpc) is 3.21. The van der Waals surface area contributed by atoms with Crippen molar-refractivity contribution in [3.8, 4) is 11.5 Å². The van der Waals surface area contributed by atoms with Crippen molar-refractivity contribution < 1.29 is 14.3 Å². The number of anilines is 1. The third kappa shape index (κ3) is 5.76. The van der Waals surface area contributed by atoms with Crippen LogP contribution < -0.4 is 14.8 Å². The number of nitrogens with zero attached hydrogens (tertiary/aromatic N) is 1. The number of rotatable bonds is 7. The first kappa shape index (κ1) is 25.0.